The lowest BCUT2D eigenvalue weighted by molar-refractivity contribution is 0.239. The molecule has 0 fully saturated rings. The van der Waals surface area contributed by atoms with E-state index in [4.69, 9.17) is 4.42 Å². The van der Waals surface area contributed by atoms with Crippen molar-refractivity contribution >= 4 is 16.1 Å². The molecule has 0 atom stereocenters. The SMILES string of the molecule is CS(=O)(=O)NCCNC(=O)NCc1ccco1. The molecule has 2 amide bonds. The number of sulfonamides is 1. The van der Waals surface area contributed by atoms with Crippen LogP contribution in [-0.4, -0.2) is 33.8 Å². The van der Waals surface area contributed by atoms with E-state index in [2.05, 4.69) is 15.4 Å². The molecule has 1 heterocycles. The van der Waals surface area contributed by atoms with Gasteiger partial charge in [0.2, 0.25) is 10.0 Å². The Kier molecular flexibility index (Phi) is 4.98. The molecule has 0 aliphatic heterocycles. The maximum absolute atomic E-state index is 11.2. The van der Waals surface area contributed by atoms with Crippen LogP contribution in [0.15, 0.2) is 22.8 Å². The lowest BCUT2D eigenvalue weighted by atomic mass is 10.4. The van der Waals surface area contributed by atoms with Gasteiger partial charge in [-0.15, -0.1) is 0 Å². The Morgan fingerprint density at radius 1 is 1.35 bits per heavy atom. The molecule has 17 heavy (non-hydrogen) atoms. The second-order valence-electron chi connectivity index (χ2n) is 3.36. The van der Waals surface area contributed by atoms with Gasteiger partial charge in [0.1, 0.15) is 5.76 Å². The number of urea groups is 1. The van der Waals surface area contributed by atoms with Gasteiger partial charge < -0.3 is 15.1 Å². The molecular weight excluding hydrogens is 246 g/mol. The van der Waals surface area contributed by atoms with E-state index < -0.39 is 10.0 Å². The Morgan fingerprint density at radius 3 is 2.71 bits per heavy atom. The number of amides is 2. The molecule has 0 saturated carbocycles. The van der Waals surface area contributed by atoms with Gasteiger partial charge in [0.05, 0.1) is 19.1 Å². The van der Waals surface area contributed by atoms with Crippen LogP contribution in [0.1, 0.15) is 5.76 Å². The smallest absolute Gasteiger partial charge is 0.315 e. The third kappa shape index (κ3) is 6.59. The first kappa shape index (κ1) is 13.5. The number of carbonyl (C=O) groups is 1. The van der Waals surface area contributed by atoms with E-state index in [1.54, 1.807) is 12.1 Å². The van der Waals surface area contributed by atoms with Crippen molar-refractivity contribution in [3.63, 3.8) is 0 Å². The number of carbonyl (C=O) groups excluding carboxylic acids is 1. The lowest BCUT2D eigenvalue weighted by Gasteiger charge is -2.06. The van der Waals surface area contributed by atoms with Gasteiger partial charge in [0, 0.05) is 13.1 Å². The predicted molar refractivity (Wildman–Crippen MR) is 61.8 cm³/mol. The first-order valence-electron chi connectivity index (χ1n) is 4.96. The summed E-state index contributed by atoms with van der Waals surface area (Å²) in [5, 5.41) is 5.06. The Bertz CT molecular complexity index is 441. The topological polar surface area (TPSA) is 100 Å². The molecule has 0 aromatic carbocycles. The molecule has 8 heteroatoms. The molecule has 1 aromatic heterocycles. The summed E-state index contributed by atoms with van der Waals surface area (Å²) < 4.78 is 28.7. The van der Waals surface area contributed by atoms with E-state index in [1.807, 2.05) is 0 Å². The Labute approximate surface area is 99.6 Å². The average molecular weight is 261 g/mol. The minimum absolute atomic E-state index is 0.160. The molecule has 1 rings (SSSR count). The second-order valence-corrected chi connectivity index (χ2v) is 5.19. The minimum Gasteiger partial charge on any atom is -0.467 e. The standard InChI is InChI=1S/C9H15N3O4S/c1-17(14,15)12-5-4-10-9(13)11-7-8-3-2-6-16-8/h2-3,6,12H,4-5,7H2,1H3,(H2,10,11,13). The van der Waals surface area contributed by atoms with Crippen molar-refractivity contribution in [2.45, 2.75) is 6.54 Å². The minimum atomic E-state index is -3.21. The second kappa shape index (κ2) is 6.26. The summed E-state index contributed by atoms with van der Waals surface area (Å²) in [7, 11) is -3.21. The highest BCUT2D eigenvalue weighted by Crippen LogP contribution is 1.97. The zero-order valence-electron chi connectivity index (χ0n) is 9.39. The van der Waals surface area contributed by atoms with Crippen molar-refractivity contribution in [1.82, 2.24) is 15.4 Å². The summed E-state index contributed by atoms with van der Waals surface area (Å²) in [6.45, 7) is 0.669. The van der Waals surface area contributed by atoms with E-state index in [9.17, 15) is 13.2 Å². The highest BCUT2D eigenvalue weighted by atomic mass is 32.2. The van der Waals surface area contributed by atoms with Gasteiger partial charge >= 0.3 is 6.03 Å². The van der Waals surface area contributed by atoms with E-state index in [0.717, 1.165) is 6.26 Å². The van der Waals surface area contributed by atoms with Crippen LogP contribution < -0.4 is 15.4 Å². The first-order valence-corrected chi connectivity index (χ1v) is 6.85. The van der Waals surface area contributed by atoms with Crippen molar-refractivity contribution < 1.29 is 17.6 Å². The maximum Gasteiger partial charge on any atom is 0.315 e. The van der Waals surface area contributed by atoms with E-state index in [0.29, 0.717) is 12.3 Å². The highest BCUT2D eigenvalue weighted by Gasteiger charge is 2.02. The first-order chi connectivity index (χ1) is 7.97. The molecule has 0 spiro atoms. The fraction of sp³-hybridized carbons (Fsp3) is 0.444. The Balaban J connectivity index is 2.09. The molecule has 0 saturated heterocycles. The molecule has 0 radical (unpaired) electrons. The average Bonchev–Trinajstić information content (AvgIpc) is 2.73. The van der Waals surface area contributed by atoms with E-state index in [1.165, 1.54) is 6.26 Å². The van der Waals surface area contributed by atoms with E-state index >= 15 is 0 Å². The maximum atomic E-state index is 11.2. The van der Waals surface area contributed by atoms with Crippen LogP contribution in [0.5, 0.6) is 0 Å². The van der Waals surface area contributed by atoms with Gasteiger partial charge in [0.15, 0.2) is 0 Å². The Hall–Kier alpha value is -1.54. The number of rotatable bonds is 6. The zero-order valence-corrected chi connectivity index (χ0v) is 10.2. The molecule has 0 bridgehead atoms. The molecule has 0 aliphatic carbocycles. The largest absolute Gasteiger partial charge is 0.467 e. The van der Waals surface area contributed by atoms with Crippen LogP contribution in [-0.2, 0) is 16.6 Å². The molecule has 0 unspecified atom stereocenters. The van der Waals surface area contributed by atoms with Crippen molar-refractivity contribution in [2.24, 2.45) is 0 Å². The number of nitrogens with one attached hydrogen (secondary N) is 3. The fourth-order valence-corrected chi connectivity index (χ4v) is 1.53. The molecule has 3 N–H and O–H groups in total. The van der Waals surface area contributed by atoms with Crippen molar-refractivity contribution in [1.29, 1.82) is 0 Å². The number of hydrogen-bond acceptors (Lipinski definition) is 4. The highest BCUT2D eigenvalue weighted by molar-refractivity contribution is 7.88. The summed E-state index contributed by atoms with van der Waals surface area (Å²) in [5.74, 6) is 0.648. The number of furan rings is 1. The van der Waals surface area contributed by atoms with Crippen LogP contribution in [0.3, 0.4) is 0 Å². The van der Waals surface area contributed by atoms with Crippen LogP contribution in [0.2, 0.25) is 0 Å². The summed E-state index contributed by atoms with van der Waals surface area (Å²) in [5.41, 5.74) is 0. The van der Waals surface area contributed by atoms with Gasteiger partial charge in [-0.2, -0.15) is 0 Å². The molecular formula is C9H15N3O4S. The zero-order chi connectivity index (χ0) is 12.7. The third-order valence-electron chi connectivity index (χ3n) is 1.78. The van der Waals surface area contributed by atoms with Crippen LogP contribution in [0, 0.1) is 0 Å². The normalized spacial score (nSPS) is 11.1. The van der Waals surface area contributed by atoms with Crippen molar-refractivity contribution in [3.05, 3.63) is 24.2 Å². The number of hydrogen-bond donors (Lipinski definition) is 3. The van der Waals surface area contributed by atoms with Crippen LogP contribution >= 0.6 is 0 Å². The lowest BCUT2D eigenvalue weighted by Crippen LogP contribution is -2.39. The molecule has 96 valence electrons. The van der Waals surface area contributed by atoms with Gasteiger partial charge in [-0.05, 0) is 12.1 Å². The quantitative estimate of drug-likeness (QED) is 0.608. The summed E-state index contributed by atoms with van der Waals surface area (Å²) >= 11 is 0. The Morgan fingerprint density at radius 2 is 2.12 bits per heavy atom. The van der Waals surface area contributed by atoms with E-state index in [-0.39, 0.29) is 19.1 Å². The summed E-state index contributed by atoms with van der Waals surface area (Å²) in [6, 6.07) is 3.09. The molecule has 7 nitrogen and oxygen atoms in total. The fourth-order valence-electron chi connectivity index (χ4n) is 1.06. The summed E-state index contributed by atoms with van der Waals surface area (Å²) in [6.07, 6.45) is 2.58. The third-order valence-corrected chi connectivity index (χ3v) is 2.51. The molecule has 0 aliphatic rings. The van der Waals surface area contributed by atoms with Crippen LogP contribution in [0.4, 0.5) is 4.79 Å². The monoisotopic (exact) mass is 261 g/mol. The van der Waals surface area contributed by atoms with Gasteiger partial charge in [-0.3, -0.25) is 0 Å². The van der Waals surface area contributed by atoms with Crippen molar-refractivity contribution in [2.75, 3.05) is 19.3 Å². The van der Waals surface area contributed by atoms with Gasteiger partial charge in [0.25, 0.3) is 0 Å². The summed E-state index contributed by atoms with van der Waals surface area (Å²) in [4.78, 5) is 11.2. The predicted octanol–water partition coefficient (Wildman–Crippen LogP) is -0.372. The van der Waals surface area contributed by atoms with Crippen molar-refractivity contribution in [3.8, 4) is 0 Å². The van der Waals surface area contributed by atoms with Crippen LogP contribution in [0.25, 0.3) is 0 Å². The van der Waals surface area contributed by atoms with Gasteiger partial charge in [-0.1, -0.05) is 0 Å². The molecule has 1 aromatic rings. The van der Waals surface area contributed by atoms with Gasteiger partial charge in [-0.25, -0.2) is 17.9 Å².